The number of carboxylic acids is 1. The highest BCUT2D eigenvalue weighted by Crippen LogP contribution is 2.30. The van der Waals surface area contributed by atoms with Crippen LogP contribution in [0.2, 0.25) is 0 Å². The summed E-state index contributed by atoms with van der Waals surface area (Å²) in [6.07, 6.45) is 0.156. The number of nitrogens with zero attached hydrogens (tertiary/aromatic N) is 1. The molecular formula is C36H47FN2O5. The molecule has 1 heterocycles. The van der Waals surface area contributed by atoms with Crippen LogP contribution >= 0.6 is 0 Å². The average molecular weight is 607 g/mol. The van der Waals surface area contributed by atoms with Gasteiger partial charge in [-0.1, -0.05) is 101 Å². The third-order valence-electron chi connectivity index (χ3n) is 6.34. The molecule has 0 radical (unpaired) electrons. The summed E-state index contributed by atoms with van der Waals surface area (Å²) >= 11 is 0. The van der Waals surface area contributed by atoms with E-state index in [2.05, 4.69) is 37.5 Å². The van der Waals surface area contributed by atoms with E-state index in [1.807, 2.05) is 68.7 Å². The molecule has 4 N–H and O–H groups in total. The molecule has 0 saturated heterocycles. The Bertz CT molecular complexity index is 1360. The summed E-state index contributed by atoms with van der Waals surface area (Å²) < 4.78 is 15.1. The number of rotatable bonds is 13. The normalized spacial score (nSPS) is 11.9. The van der Waals surface area contributed by atoms with Crippen LogP contribution in [0.1, 0.15) is 80.2 Å². The largest absolute Gasteiger partial charge is 0.481 e. The second-order valence-electron chi connectivity index (χ2n) is 10.3. The van der Waals surface area contributed by atoms with E-state index in [0.717, 1.165) is 0 Å². The van der Waals surface area contributed by atoms with E-state index in [1.165, 1.54) is 17.7 Å². The van der Waals surface area contributed by atoms with Crippen molar-refractivity contribution < 1.29 is 29.3 Å². The van der Waals surface area contributed by atoms with Gasteiger partial charge in [0.1, 0.15) is 5.83 Å². The lowest BCUT2D eigenvalue weighted by Crippen LogP contribution is -2.23. The maximum atomic E-state index is 13.2. The minimum Gasteiger partial charge on any atom is -0.481 e. The SMILES string of the molecule is C=C(F)/C=C\C(=C)c1cc(C(=O)Nc2ccccc2)c(C(C)C)n1CCC(O)C[C@@H](O)CC(=O)O.CC.Cc1ccccc1. The second kappa shape index (κ2) is 19.8. The van der Waals surface area contributed by atoms with Crippen LogP contribution in [0.25, 0.3) is 5.57 Å². The minimum absolute atomic E-state index is 0.0806. The van der Waals surface area contributed by atoms with E-state index < -0.39 is 30.4 Å². The summed E-state index contributed by atoms with van der Waals surface area (Å²) in [4.78, 5) is 24.0. The van der Waals surface area contributed by atoms with Crippen LogP contribution in [0.4, 0.5) is 10.1 Å². The molecule has 0 aliphatic carbocycles. The fourth-order valence-corrected chi connectivity index (χ4v) is 4.40. The lowest BCUT2D eigenvalue weighted by Gasteiger charge is -2.20. The first-order valence-electron chi connectivity index (χ1n) is 14.8. The first kappa shape index (κ1) is 37.8. The van der Waals surface area contributed by atoms with Gasteiger partial charge in [0.2, 0.25) is 0 Å². The summed E-state index contributed by atoms with van der Waals surface area (Å²) in [7, 11) is 0. The van der Waals surface area contributed by atoms with E-state index in [0.29, 0.717) is 28.2 Å². The Morgan fingerprint density at radius 3 is 2.00 bits per heavy atom. The highest BCUT2D eigenvalue weighted by molar-refractivity contribution is 6.06. The van der Waals surface area contributed by atoms with Crippen LogP contribution in [0.5, 0.6) is 0 Å². The van der Waals surface area contributed by atoms with E-state index in [1.54, 1.807) is 18.2 Å². The number of para-hydroxylation sites is 1. The Kier molecular flexibility index (Phi) is 17.0. The van der Waals surface area contributed by atoms with Gasteiger partial charge in [-0.3, -0.25) is 9.59 Å². The van der Waals surface area contributed by atoms with Crippen molar-refractivity contribution in [3.05, 3.63) is 120 Å². The zero-order valence-corrected chi connectivity index (χ0v) is 26.5. The molecule has 1 aromatic heterocycles. The number of benzene rings is 2. The molecule has 1 unspecified atom stereocenters. The maximum absolute atomic E-state index is 13.2. The van der Waals surface area contributed by atoms with Gasteiger partial charge >= 0.3 is 5.97 Å². The molecule has 0 saturated carbocycles. The van der Waals surface area contributed by atoms with Crippen molar-refractivity contribution in [2.75, 3.05) is 5.32 Å². The van der Waals surface area contributed by atoms with Crippen molar-refractivity contribution in [2.24, 2.45) is 0 Å². The maximum Gasteiger partial charge on any atom is 0.305 e. The van der Waals surface area contributed by atoms with Gasteiger partial charge in [0, 0.05) is 23.6 Å². The topological polar surface area (TPSA) is 112 Å². The number of hydrogen-bond donors (Lipinski definition) is 4. The second-order valence-corrected chi connectivity index (χ2v) is 10.3. The molecule has 7 nitrogen and oxygen atoms in total. The van der Waals surface area contributed by atoms with Crippen molar-refractivity contribution in [2.45, 2.75) is 78.6 Å². The lowest BCUT2D eigenvalue weighted by atomic mass is 10.0. The van der Waals surface area contributed by atoms with Crippen LogP contribution < -0.4 is 5.32 Å². The molecule has 3 rings (SSSR count). The summed E-state index contributed by atoms with van der Waals surface area (Å²) in [5.74, 6) is -2.18. The van der Waals surface area contributed by atoms with Gasteiger partial charge in [-0.2, -0.15) is 0 Å². The molecule has 238 valence electrons. The van der Waals surface area contributed by atoms with Crippen molar-refractivity contribution in [1.82, 2.24) is 4.57 Å². The Hall–Kier alpha value is -4.27. The lowest BCUT2D eigenvalue weighted by molar-refractivity contribution is -0.139. The molecular weight excluding hydrogens is 559 g/mol. The zero-order valence-electron chi connectivity index (χ0n) is 26.5. The van der Waals surface area contributed by atoms with Crippen molar-refractivity contribution in [3.8, 4) is 0 Å². The average Bonchev–Trinajstić information content (AvgIpc) is 3.37. The van der Waals surface area contributed by atoms with Crippen molar-refractivity contribution in [1.29, 1.82) is 0 Å². The molecule has 0 fully saturated rings. The Balaban J connectivity index is 0.000000927. The smallest absolute Gasteiger partial charge is 0.305 e. The predicted molar refractivity (Wildman–Crippen MR) is 177 cm³/mol. The standard InChI is InChI=1S/C27H33FN2O5.C7H8.C2H6/c1-17(2)26-23(27(35)29-20-8-6-5-7-9-20)16-24(18(3)10-11-19(4)28)30(26)13-12-21(31)14-22(32)15-25(33)34;1-7-5-3-2-4-6-7;1-2/h5-11,16-17,21-22,31-32H,3-4,12-15H2,1-2H3,(H,29,35)(H,33,34);2-6H,1H3;1-2H3/b11-10-;;/t21?,22-;;/m1../s1. The number of hydrogen-bond acceptors (Lipinski definition) is 4. The number of aromatic nitrogens is 1. The number of anilines is 1. The first-order chi connectivity index (χ1) is 20.9. The van der Waals surface area contributed by atoms with Crippen molar-refractivity contribution in [3.63, 3.8) is 0 Å². The minimum atomic E-state index is -1.17. The number of allylic oxidation sites excluding steroid dienone is 4. The van der Waals surface area contributed by atoms with Gasteiger partial charge in [-0.25, -0.2) is 4.39 Å². The van der Waals surface area contributed by atoms with E-state index in [-0.39, 0.29) is 31.2 Å². The van der Waals surface area contributed by atoms with Gasteiger partial charge in [-0.05, 0) is 55.5 Å². The van der Waals surface area contributed by atoms with Crippen LogP contribution in [0.15, 0.2) is 97.9 Å². The molecule has 0 aliphatic rings. The summed E-state index contributed by atoms with van der Waals surface area (Å²) in [6, 6.07) is 21.0. The number of amides is 1. The molecule has 2 aromatic carbocycles. The van der Waals surface area contributed by atoms with Crippen LogP contribution in [-0.4, -0.2) is 44.0 Å². The monoisotopic (exact) mass is 606 g/mol. The number of aliphatic hydroxyl groups is 2. The van der Waals surface area contributed by atoms with Gasteiger partial charge in [0.25, 0.3) is 5.91 Å². The number of aliphatic hydroxyl groups excluding tert-OH is 2. The number of carbonyl (C=O) groups excluding carboxylic acids is 1. The number of aryl methyl sites for hydroxylation is 1. The van der Waals surface area contributed by atoms with Gasteiger partial charge < -0.3 is 25.2 Å². The number of halogens is 1. The van der Waals surface area contributed by atoms with Gasteiger partial charge in [-0.15, -0.1) is 0 Å². The van der Waals surface area contributed by atoms with E-state index in [4.69, 9.17) is 5.11 Å². The molecule has 44 heavy (non-hydrogen) atoms. The third kappa shape index (κ3) is 13.4. The number of nitrogens with one attached hydrogen (secondary N) is 1. The Morgan fingerprint density at radius 2 is 1.52 bits per heavy atom. The predicted octanol–water partition coefficient (Wildman–Crippen LogP) is 7.91. The molecule has 0 bridgehead atoms. The highest BCUT2D eigenvalue weighted by Gasteiger charge is 2.24. The highest BCUT2D eigenvalue weighted by atomic mass is 19.1. The van der Waals surface area contributed by atoms with E-state index in [9.17, 15) is 24.2 Å². The van der Waals surface area contributed by atoms with Crippen LogP contribution in [0, 0.1) is 6.92 Å². The number of aliphatic carboxylic acids is 1. The summed E-state index contributed by atoms with van der Waals surface area (Å²) in [5.41, 5.74) is 4.11. The van der Waals surface area contributed by atoms with Gasteiger partial charge in [0.15, 0.2) is 0 Å². The fraction of sp³-hybridized carbons (Fsp3) is 0.333. The molecule has 0 spiro atoms. The molecule has 2 atom stereocenters. The van der Waals surface area contributed by atoms with E-state index >= 15 is 0 Å². The third-order valence-corrected chi connectivity index (χ3v) is 6.34. The Morgan fingerprint density at radius 1 is 0.955 bits per heavy atom. The number of carboxylic acid groups (broad SMARTS) is 1. The van der Waals surface area contributed by atoms with Crippen LogP contribution in [-0.2, 0) is 11.3 Å². The van der Waals surface area contributed by atoms with Crippen molar-refractivity contribution >= 4 is 23.1 Å². The fourth-order valence-electron chi connectivity index (χ4n) is 4.40. The molecule has 1 amide bonds. The van der Waals surface area contributed by atoms with Crippen LogP contribution in [0.3, 0.4) is 0 Å². The van der Waals surface area contributed by atoms with Gasteiger partial charge in [0.05, 0.1) is 24.2 Å². The molecule has 8 heteroatoms. The quantitative estimate of drug-likeness (QED) is 0.148. The summed E-state index contributed by atoms with van der Waals surface area (Å²) in [6.45, 7) is 17.4. The summed E-state index contributed by atoms with van der Waals surface area (Å²) in [5, 5.41) is 31.9. The zero-order chi connectivity index (χ0) is 33.2. The molecule has 0 aliphatic heterocycles. The molecule has 3 aromatic rings. The Labute approximate surface area is 261 Å². The number of carbonyl (C=O) groups is 2. The first-order valence-corrected chi connectivity index (χ1v) is 14.8.